The van der Waals surface area contributed by atoms with E-state index in [0.717, 1.165) is 23.3 Å². The van der Waals surface area contributed by atoms with Gasteiger partial charge in [-0.15, -0.1) is 11.3 Å². The van der Waals surface area contributed by atoms with Crippen molar-refractivity contribution in [3.05, 3.63) is 63.6 Å². The summed E-state index contributed by atoms with van der Waals surface area (Å²) in [5.41, 5.74) is 2.01. The van der Waals surface area contributed by atoms with Gasteiger partial charge in [-0.25, -0.2) is 9.37 Å². The van der Waals surface area contributed by atoms with Crippen LogP contribution in [0.3, 0.4) is 0 Å². The lowest BCUT2D eigenvalue weighted by Gasteiger charge is -2.28. The van der Waals surface area contributed by atoms with Gasteiger partial charge in [-0.05, 0) is 25.1 Å². The second kappa shape index (κ2) is 9.27. The average Bonchev–Trinajstić information content (AvgIpc) is 3.47. The summed E-state index contributed by atoms with van der Waals surface area (Å²) in [5, 5.41) is 3.01. The maximum atomic E-state index is 15.3. The molecular formula is C26H26FN5O3S. The monoisotopic (exact) mass is 507 g/mol. The number of carbonyl (C=O) groups excluding carboxylic acids is 1. The lowest BCUT2D eigenvalue weighted by Crippen LogP contribution is -2.38. The van der Waals surface area contributed by atoms with Crippen LogP contribution in [0.1, 0.15) is 17.3 Å². The van der Waals surface area contributed by atoms with E-state index in [1.165, 1.54) is 23.0 Å². The maximum absolute atomic E-state index is 15.3. The first kappa shape index (κ1) is 23.1. The van der Waals surface area contributed by atoms with Crippen LogP contribution in [0, 0.1) is 5.82 Å². The molecule has 1 amide bonds. The Hall–Kier alpha value is -3.34. The molecule has 0 spiro atoms. The molecule has 0 bridgehead atoms. The van der Waals surface area contributed by atoms with Crippen LogP contribution in [-0.2, 0) is 4.74 Å². The number of aromatic nitrogens is 2. The van der Waals surface area contributed by atoms with Crippen LogP contribution in [0.4, 0.5) is 10.2 Å². The normalized spacial score (nSPS) is 16.8. The summed E-state index contributed by atoms with van der Waals surface area (Å²) in [6, 6.07) is 8.91. The van der Waals surface area contributed by atoms with Crippen molar-refractivity contribution in [1.29, 1.82) is 0 Å². The van der Waals surface area contributed by atoms with Crippen molar-refractivity contribution in [2.75, 3.05) is 57.4 Å². The number of hydrogen-bond donors (Lipinski definition) is 1. The van der Waals surface area contributed by atoms with E-state index >= 15 is 4.39 Å². The first-order valence-electron chi connectivity index (χ1n) is 12.1. The molecule has 10 heteroatoms. The van der Waals surface area contributed by atoms with E-state index < -0.39 is 17.2 Å². The van der Waals surface area contributed by atoms with Gasteiger partial charge >= 0.3 is 0 Å². The van der Waals surface area contributed by atoms with Gasteiger partial charge < -0.3 is 15.0 Å². The Kier molecular flexibility index (Phi) is 5.94. The number of morpholine rings is 1. The highest BCUT2D eigenvalue weighted by Gasteiger charge is 2.25. The van der Waals surface area contributed by atoms with Gasteiger partial charge in [0.2, 0.25) is 5.43 Å². The molecule has 0 unspecified atom stereocenters. The van der Waals surface area contributed by atoms with Gasteiger partial charge in [0.05, 0.1) is 28.8 Å². The molecule has 2 aliphatic rings. The molecule has 0 saturated carbocycles. The van der Waals surface area contributed by atoms with Crippen molar-refractivity contribution < 1.29 is 13.9 Å². The van der Waals surface area contributed by atoms with Crippen LogP contribution in [-0.4, -0.2) is 72.7 Å². The van der Waals surface area contributed by atoms with Crippen LogP contribution in [0.15, 0.2) is 46.8 Å². The highest BCUT2D eigenvalue weighted by molar-refractivity contribution is 7.24. The molecule has 0 aliphatic carbocycles. The summed E-state index contributed by atoms with van der Waals surface area (Å²) < 4.78 is 23.4. The van der Waals surface area contributed by atoms with Crippen molar-refractivity contribution >= 4 is 49.1 Å². The van der Waals surface area contributed by atoms with Crippen molar-refractivity contribution in [1.82, 2.24) is 19.6 Å². The van der Waals surface area contributed by atoms with E-state index in [1.807, 2.05) is 33.6 Å². The van der Waals surface area contributed by atoms with Crippen molar-refractivity contribution in [2.24, 2.45) is 0 Å². The Labute approximate surface area is 210 Å². The number of ether oxygens (including phenoxy) is 1. The number of nitrogens with zero attached hydrogens (tertiary/aromatic N) is 4. The van der Waals surface area contributed by atoms with Crippen LogP contribution >= 0.6 is 11.3 Å². The van der Waals surface area contributed by atoms with Gasteiger partial charge in [-0.1, -0.05) is 23.8 Å². The SMILES string of the molecule is CC1=CCN(CCNC(=O)c2c(=O)c3cc(F)c(N4CCOCC4)nc3n3c2sc2ccccc23)C1. The second-order valence-corrected chi connectivity index (χ2v) is 10.3. The predicted molar refractivity (Wildman–Crippen MR) is 140 cm³/mol. The number of para-hydroxylation sites is 1. The lowest BCUT2D eigenvalue weighted by molar-refractivity contribution is 0.0950. The van der Waals surface area contributed by atoms with Crippen molar-refractivity contribution in [3.63, 3.8) is 0 Å². The fourth-order valence-electron chi connectivity index (χ4n) is 4.95. The zero-order valence-electron chi connectivity index (χ0n) is 19.9. The summed E-state index contributed by atoms with van der Waals surface area (Å²) in [6.07, 6.45) is 2.17. The topological polar surface area (TPSA) is 79.2 Å². The van der Waals surface area contributed by atoms with Crippen LogP contribution < -0.4 is 15.6 Å². The van der Waals surface area contributed by atoms with E-state index in [-0.39, 0.29) is 16.8 Å². The molecule has 36 heavy (non-hydrogen) atoms. The summed E-state index contributed by atoms with van der Waals surface area (Å²) in [4.78, 5) is 36.2. The largest absolute Gasteiger partial charge is 0.378 e. The van der Waals surface area contributed by atoms with E-state index in [4.69, 9.17) is 4.74 Å². The number of hydrogen-bond acceptors (Lipinski definition) is 7. The average molecular weight is 508 g/mol. The maximum Gasteiger partial charge on any atom is 0.258 e. The number of rotatable bonds is 5. The van der Waals surface area contributed by atoms with Crippen LogP contribution in [0.25, 0.3) is 26.1 Å². The number of pyridine rings is 2. The van der Waals surface area contributed by atoms with Crippen molar-refractivity contribution in [3.8, 4) is 0 Å². The highest BCUT2D eigenvalue weighted by Crippen LogP contribution is 2.32. The number of halogens is 1. The minimum Gasteiger partial charge on any atom is -0.378 e. The molecule has 1 saturated heterocycles. The molecule has 4 aromatic rings. The Bertz CT molecular complexity index is 1590. The smallest absolute Gasteiger partial charge is 0.258 e. The Morgan fingerprint density at radius 2 is 2.06 bits per heavy atom. The third-order valence-electron chi connectivity index (χ3n) is 6.77. The van der Waals surface area contributed by atoms with E-state index in [9.17, 15) is 9.59 Å². The molecule has 8 nitrogen and oxygen atoms in total. The molecule has 1 fully saturated rings. The molecule has 186 valence electrons. The standard InChI is InChI=1S/C26H26FN5O3S/c1-16-6-8-30(15-16)9-7-28-25(34)21-22(33)17-14-18(27)24(31-10-12-35-13-11-31)29-23(17)32-19-4-2-3-5-20(19)36-26(21)32/h2-6,14H,7-13,15H2,1H3,(H,28,34). The fraction of sp³-hybridized carbons (Fsp3) is 0.346. The van der Waals surface area contributed by atoms with Crippen LogP contribution in [0.2, 0.25) is 0 Å². The molecule has 3 aromatic heterocycles. The zero-order valence-corrected chi connectivity index (χ0v) is 20.7. The Morgan fingerprint density at radius 3 is 2.83 bits per heavy atom. The number of fused-ring (bicyclic) bond motifs is 5. The minimum absolute atomic E-state index is 0.0275. The lowest BCUT2D eigenvalue weighted by atomic mass is 10.1. The third-order valence-corrected chi connectivity index (χ3v) is 7.92. The van der Waals surface area contributed by atoms with Gasteiger partial charge in [0.15, 0.2) is 17.3 Å². The molecule has 1 N–H and O–H groups in total. The highest BCUT2D eigenvalue weighted by atomic mass is 32.1. The summed E-state index contributed by atoms with van der Waals surface area (Å²) in [5.74, 6) is -0.835. The number of thiazole rings is 1. The molecule has 2 aliphatic heterocycles. The Morgan fingerprint density at radius 1 is 1.25 bits per heavy atom. The molecule has 1 aromatic carbocycles. The minimum atomic E-state index is -0.579. The predicted octanol–water partition coefficient (Wildman–Crippen LogP) is 3.03. The van der Waals surface area contributed by atoms with E-state index in [0.29, 0.717) is 49.9 Å². The number of anilines is 1. The second-order valence-electron chi connectivity index (χ2n) is 9.22. The fourth-order valence-corrected chi connectivity index (χ4v) is 6.13. The van der Waals surface area contributed by atoms with Gasteiger partial charge in [-0.2, -0.15) is 0 Å². The molecular weight excluding hydrogens is 481 g/mol. The Balaban J connectivity index is 1.47. The first-order valence-corrected chi connectivity index (χ1v) is 12.9. The first-order chi connectivity index (χ1) is 17.5. The quantitative estimate of drug-likeness (QED) is 0.419. The zero-order chi connectivity index (χ0) is 24.8. The molecule has 0 radical (unpaired) electrons. The molecule has 5 heterocycles. The summed E-state index contributed by atoms with van der Waals surface area (Å²) in [7, 11) is 0. The van der Waals surface area contributed by atoms with Crippen LogP contribution in [0.5, 0.6) is 0 Å². The molecule has 6 rings (SSSR count). The van der Waals surface area contributed by atoms with Gasteiger partial charge in [0.1, 0.15) is 10.4 Å². The summed E-state index contributed by atoms with van der Waals surface area (Å²) >= 11 is 1.37. The summed E-state index contributed by atoms with van der Waals surface area (Å²) in [6.45, 7) is 6.94. The van der Waals surface area contributed by atoms with Gasteiger partial charge in [0.25, 0.3) is 5.91 Å². The number of benzene rings is 1. The van der Waals surface area contributed by atoms with Crippen molar-refractivity contribution in [2.45, 2.75) is 6.92 Å². The third kappa shape index (κ3) is 3.95. The molecule has 0 atom stereocenters. The number of amides is 1. The van der Waals surface area contributed by atoms with Gasteiger partial charge in [0, 0.05) is 39.3 Å². The number of carbonyl (C=O) groups is 1. The number of nitrogens with one attached hydrogen (secondary N) is 1. The van der Waals surface area contributed by atoms with E-state index in [2.05, 4.69) is 28.2 Å². The van der Waals surface area contributed by atoms with Gasteiger partial charge in [-0.3, -0.25) is 18.9 Å². The van der Waals surface area contributed by atoms with E-state index in [1.54, 1.807) is 0 Å².